The number of nitro groups is 1. The van der Waals surface area contributed by atoms with E-state index in [0.717, 1.165) is 24.9 Å². The van der Waals surface area contributed by atoms with Crippen molar-refractivity contribution in [3.63, 3.8) is 0 Å². The van der Waals surface area contributed by atoms with E-state index in [2.05, 4.69) is 19.2 Å². The molecular formula is C15H24N2O3. The summed E-state index contributed by atoms with van der Waals surface area (Å²) in [5.41, 5.74) is 0.837. The second-order valence-corrected chi connectivity index (χ2v) is 5.18. The van der Waals surface area contributed by atoms with Gasteiger partial charge in [-0.2, -0.15) is 0 Å². The van der Waals surface area contributed by atoms with E-state index in [0.29, 0.717) is 13.0 Å². The predicted octanol–water partition coefficient (Wildman–Crippen LogP) is 2.53. The molecule has 2 N–H and O–H groups in total. The van der Waals surface area contributed by atoms with Gasteiger partial charge in [0, 0.05) is 30.2 Å². The molecule has 0 heterocycles. The molecule has 0 aliphatic carbocycles. The Balaban J connectivity index is 2.51. The van der Waals surface area contributed by atoms with E-state index in [1.54, 1.807) is 12.1 Å². The average Bonchev–Trinajstić information content (AvgIpc) is 2.48. The van der Waals surface area contributed by atoms with Gasteiger partial charge in [0.15, 0.2) is 0 Å². The number of para-hydroxylation sites is 1. The van der Waals surface area contributed by atoms with Crippen LogP contribution in [-0.2, 0) is 6.42 Å². The fraction of sp³-hybridized carbons (Fsp3) is 0.600. The van der Waals surface area contributed by atoms with Crippen molar-refractivity contribution in [1.29, 1.82) is 0 Å². The first-order valence-electron chi connectivity index (χ1n) is 7.12. The van der Waals surface area contributed by atoms with Gasteiger partial charge in [0.1, 0.15) is 0 Å². The van der Waals surface area contributed by atoms with Crippen molar-refractivity contribution in [3.05, 3.63) is 39.9 Å². The lowest BCUT2D eigenvalue weighted by Gasteiger charge is -2.29. The molecule has 1 aromatic rings. The zero-order valence-corrected chi connectivity index (χ0v) is 12.3. The molecule has 20 heavy (non-hydrogen) atoms. The smallest absolute Gasteiger partial charge is 0.272 e. The van der Waals surface area contributed by atoms with Gasteiger partial charge in [0.25, 0.3) is 5.69 Å². The molecule has 0 aromatic heterocycles. The largest absolute Gasteiger partial charge is 0.396 e. The minimum atomic E-state index is -0.342. The van der Waals surface area contributed by atoms with Crippen LogP contribution in [0.3, 0.4) is 0 Å². The summed E-state index contributed by atoms with van der Waals surface area (Å²) in [6.45, 7) is 5.72. The second-order valence-electron chi connectivity index (χ2n) is 5.18. The van der Waals surface area contributed by atoms with Crippen LogP contribution in [0, 0.1) is 15.5 Å². The van der Waals surface area contributed by atoms with Crippen LogP contribution >= 0.6 is 0 Å². The molecule has 1 rings (SSSR count). The maximum absolute atomic E-state index is 10.9. The van der Waals surface area contributed by atoms with Crippen LogP contribution in [0.15, 0.2) is 24.3 Å². The van der Waals surface area contributed by atoms with Gasteiger partial charge in [0.2, 0.25) is 0 Å². The Bertz CT molecular complexity index is 423. The number of aliphatic hydroxyl groups excluding tert-OH is 1. The molecular weight excluding hydrogens is 256 g/mol. The third-order valence-corrected chi connectivity index (χ3v) is 4.09. The van der Waals surface area contributed by atoms with Gasteiger partial charge in [0.05, 0.1) is 4.92 Å². The zero-order valence-electron chi connectivity index (χ0n) is 12.3. The minimum absolute atomic E-state index is 0.0807. The van der Waals surface area contributed by atoms with Crippen molar-refractivity contribution in [1.82, 2.24) is 5.32 Å². The maximum atomic E-state index is 10.9. The van der Waals surface area contributed by atoms with Crippen LogP contribution in [0.2, 0.25) is 0 Å². The van der Waals surface area contributed by atoms with E-state index in [1.165, 1.54) is 6.07 Å². The first kappa shape index (κ1) is 16.6. The van der Waals surface area contributed by atoms with Crippen LogP contribution in [-0.4, -0.2) is 29.7 Å². The van der Waals surface area contributed by atoms with Gasteiger partial charge in [-0.25, -0.2) is 0 Å². The lowest BCUT2D eigenvalue weighted by atomic mass is 9.83. The van der Waals surface area contributed by atoms with Crippen molar-refractivity contribution < 1.29 is 10.0 Å². The maximum Gasteiger partial charge on any atom is 0.272 e. The first-order valence-corrected chi connectivity index (χ1v) is 7.12. The van der Waals surface area contributed by atoms with Gasteiger partial charge in [-0.3, -0.25) is 10.1 Å². The lowest BCUT2D eigenvalue weighted by molar-refractivity contribution is -0.385. The quantitative estimate of drug-likeness (QED) is 0.414. The third-order valence-electron chi connectivity index (χ3n) is 4.09. The van der Waals surface area contributed by atoms with Crippen molar-refractivity contribution in [2.45, 2.75) is 33.1 Å². The van der Waals surface area contributed by atoms with Crippen LogP contribution in [0.25, 0.3) is 0 Å². The van der Waals surface area contributed by atoms with Gasteiger partial charge < -0.3 is 10.4 Å². The summed E-state index contributed by atoms with van der Waals surface area (Å²) in [7, 11) is 0. The molecule has 0 atom stereocenters. The third kappa shape index (κ3) is 4.28. The molecule has 5 heteroatoms. The highest BCUT2D eigenvalue weighted by molar-refractivity contribution is 5.39. The van der Waals surface area contributed by atoms with E-state index in [-0.39, 0.29) is 22.6 Å². The van der Waals surface area contributed by atoms with Crippen LogP contribution in [0.5, 0.6) is 0 Å². The fourth-order valence-electron chi connectivity index (χ4n) is 2.26. The van der Waals surface area contributed by atoms with E-state index in [1.807, 2.05) is 6.07 Å². The highest BCUT2D eigenvalue weighted by Crippen LogP contribution is 2.24. The molecule has 0 saturated carbocycles. The monoisotopic (exact) mass is 280 g/mol. The van der Waals surface area contributed by atoms with E-state index < -0.39 is 0 Å². The molecule has 0 fully saturated rings. The summed E-state index contributed by atoms with van der Waals surface area (Å²) in [4.78, 5) is 10.6. The Morgan fingerprint density at radius 1 is 1.30 bits per heavy atom. The zero-order chi connectivity index (χ0) is 15.0. The van der Waals surface area contributed by atoms with Gasteiger partial charge in [-0.15, -0.1) is 0 Å². The number of nitrogens with zero attached hydrogens (tertiary/aromatic N) is 1. The normalized spacial score (nSPS) is 11.6. The van der Waals surface area contributed by atoms with Gasteiger partial charge >= 0.3 is 0 Å². The topological polar surface area (TPSA) is 75.4 Å². The number of nitro benzene ring substituents is 1. The van der Waals surface area contributed by atoms with Crippen LogP contribution < -0.4 is 5.32 Å². The van der Waals surface area contributed by atoms with E-state index >= 15 is 0 Å². The summed E-state index contributed by atoms with van der Waals surface area (Å²) in [6, 6.07) is 6.82. The minimum Gasteiger partial charge on any atom is -0.396 e. The number of hydrogen-bond donors (Lipinski definition) is 2. The SMILES string of the molecule is CCC(CC)(CO)CNCCc1ccccc1[N+](=O)[O-]. The van der Waals surface area contributed by atoms with Crippen LogP contribution in [0.4, 0.5) is 5.69 Å². The highest BCUT2D eigenvalue weighted by Gasteiger charge is 2.24. The molecule has 112 valence electrons. The standard InChI is InChI=1S/C15H24N2O3/c1-3-15(4-2,12-18)11-16-10-9-13-7-5-6-8-14(13)17(19)20/h5-8,16,18H,3-4,9-12H2,1-2H3. The summed E-state index contributed by atoms with van der Waals surface area (Å²) in [5.74, 6) is 0. The molecule has 0 spiro atoms. The van der Waals surface area contributed by atoms with E-state index in [4.69, 9.17) is 0 Å². The molecule has 0 saturated heterocycles. The predicted molar refractivity (Wildman–Crippen MR) is 79.8 cm³/mol. The molecule has 0 unspecified atom stereocenters. The van der Waals surface area contributed by atoms with Crippen LogP contribution in [0.1, 0.15) is 32.3 Å². The first-order chi connectivity index (χ1) is 9.58. The number of benzene rings is 1. The molecule has 0 bridgehead atoms. The Labute approximate surface area is 120 Å². The Morgan fingerprint density at radius 3 is 2.50 bits per heavy atom. The Kier molecular flexibility index (Phi) is 6.61. The van der Waals surface area contributed by atoms with Gasteiger partial charge in [-0.1, -0.05) is 32.0 Å². The molecule has 5 nitrogen and oxygen atoms in total. The summed E-state index contributed by atoms with van der Waals surface area (Å²) in [5, 5.41) is 23.7. The number of rotatable bonds is 9. The molecule has 0 aliphatic rings. The number of hydrogen-bond acceptors (Lipinski definition) is 4. The average molecular weight is 280 g/mol. The summed E-state index contributed by atoms with van der Waals surface area (Å²) >= 11 is 0. The van der Waals surface area contributed by atoms with Crippen molar-refractivity contribution in [2.75, 3.05) is 19.7 Å². The second kappa shape index (κ2) is 7.97. The molecule has 0 amide bonds. The Hall–Kier alpha value is -1.46. The number of nitrogens with one attached hydrogen (secondary N) is 1. The van der Waals surface area contributed by atoms with Crippen molar-refractivity contribution in [3.8, 4) is 0 Å². The van der Waals surface area contributed by atoms with Gasteiger partial charge in [-0.05, 0) is 25.8 Å². The van der Waals surface area contributed by atoms with Crippen molar-refractivity contribution in [2.24, 2.45) is 5.41 Å². The lowest BCUT2D eigenvalue weighted by Crippen LogP contribution is -2.37. The molecule has 0 aliphatic heterocycles. The summed E-state index contributed by atoms with van der Waals surface area (Å²) in [6.07, 6.45) is 2.45. The highest BCUT2D eigenvalue weighted by atomic mass is 16.6. The number of aliphatic hydroxyl groups is 1. The molecule has 1 aromatic carbocycles. The van der Waals surface area contributed by atoms with Crippen molar-refractivity contribution >= 4 is 5.69 Å². The Morgan fingerprint density at radius 2 is 1.95 bits per heavy atom. The fourth-order valence-corrected chi connectivity index (χ4v) is 2.26. The molecule has 0 radical (unpaired) electrons. The van der Waals surface area contributed by atoms with E-state index in [9.17, 15) is 15.2 Å². The summed E-state index contributed by atoms with van der Waals surface area (Å²) < 4.78 is 0.